The molecule has 2 nitrogen and oxygen atoms in total. The van der Waals surface area contributed by atoms with Gasteiger partial charge < -0.3 is 5.11 Å². The van der Waals surface area contributed by atoms with E-state index in [2.05, 4.69) is 60.7 Å². The first-order valence-corrected chi connectivity index (χ1v) is 13.8. The average Bonchev–Trinajstić information content (AvgIpc) is 2.97. The second kappa shape index (κ2) is 12.1. The van der Waals surface area contributed by atoms with Crippen molar-refractivity contribution in [3.8, 4) is 0 Å². The van der Waals surface area contributed by atoms with E-state index in [0.29, 0.717) is 11.1 Å². The summed E-state index contributed by atoms with van der Waals surface area (Å²) in [5.74, 6) is 0.0233. The number of rotatable bonds is 9. The molecule has 0 heterocycles. The fraction of sp³-hybridized carbons (Fsp3) is 0.0606. The van der Waals surface area contributed by atoms with E-state index >= 15 is 0 Å². The Morgan fingerprint density at radius 3 is 1.65 bits per heavy atom. The summed E-state index contributed by atoms with van der Waals surface area (Å²) in [6.45, 7) is 0.0227. The number of hydrogen-bond acceptors (Lipinski definition) is 4. The third kappa shape index (κ3) is 6.41. The lowest BCUT2D eigenvalue weighted by molar-refractivity contribution is 0.103. The number of aliphatic hydroxyl groups excluding tert-OH is 1. The van der Waals surface area contributed by atoms with Crippen molar-refractivity contribution in [1.29, 1.82) is 0 Å². The second-order valence-corrected chi connectivity index (χ2v) is 10.9. The van der Waals surface area contributed by atoms with Crippen LogP contribution in [0.2, 0.25) is 0 Å². The SMILES string of the molecule is O=C(c1ccccc1)c1ccc(C(Sc2ccc(Sc3ccccc3)cc2)c2ccc(CO)cc2)cc1. The highest BCUT2D eigenvalue weighted by molar-refractivity contribution is 8.00. The molecule has 4 heteroatoms. The van der Waals surface area contributed by atoms with Gasteiger partial charge in [0.25, 0.3) is 0 Å². The molecule has 5 aromatic rings. The smallest absolute Gasteiger partial charge is 0.193 e. The Labute approximate surface area is 226 Å². The van der Waals surface area contributed by atoms with Crippen LogP contribution in [0.4, 0.5) is 0 Å². The van der Waals surface area contributed by atoms with Crippen LogP contribution in [0, 0.1) is 0 Å². The zero-order valence-corrected chi connectivity index (χ0v) is 21.8. The molecule has 182 valence electrons. The van der Waals surface area contributed by atoms with Gasteiger partial charge in [-0.25, -0.2) is 0 Å². The number of benzene rings is 5. The summed E-state index contributed by atoms with van der Waals surface area (Å²) in [6, 6.07) is 44.4. The maximum Gasteiger partial charge on any atom is 0.193 e. The molecule has 0 fully saturated rings. The van der Waals surface area contributed by atoms with E-state index in [1.165, 1.54) is 9.79 Å². The van der Waals surface area contributed by atoms with Crippen molar-refractivity contribution in [2.24, 2.45) is 0 Å². The van der Waals surface area contributed by atoms with Crippen LogP contribution in [0.1, 0.15) is 37.9 Å². The lowest BCUT2D eigenvalue weighted by atomic mass is 9.98. The normalized spacial score (nSPS) is 11.7. The van der Waals surface area contributed by atoms with Gasteiger partial charge in [-0.1, -0.05) is 109 Å². The molecule has 0 aliphatic carbocycles. The van der Waals surface area contributed by atoms with Gasteiger partial charge in [0, 0.05) is 25.8 Å². The number of ketones is 1. The zero-order chi connectivity index (χ0) is 25.5. The van der Waals surface area contributed by atoms with E-state index in [1.54, 1.807) is 23.5 Å². The summed E-state index contributed by atoms with van der Waals surface area (Å²) in [5.41, 5.74) is 4.52. The van der Waals surface area contributed by atoms with Gasteiger partial charge in [0.1, 0.15) is 0 Å². The first-order chi connectivity index (χ1) is 18.2. The minimum Gasteiger partial charge on any atom is -0.392 e. The number of carbonyl (C=O) groups excluding carboxylic acids is 1. The predicted octanol–water partition coefficient (Wildman–Crippen LogP) is 8.44. The number of carbonyl (C=O) groups is 1. The third-order valence-electron chi connectivity index (χ3n) is 6.03. The van der Waals surface area contributed by atoms with Crippen molar-refractivity contribution in [3.63, 3.8) is 0 Å². The molecule has 0 aliphatic heterocycles. The van der Waals surface area contributed by atoms with Crippen LogP contribution < -0.4 is 0 Å². The van der Waals surface area contributed by atoms with Crippen LogP contribution in [-0.2, 0) is 6.61 Å². The summed E-state index contributed by atoms with van der Waals surface area (Å²) in [4.78, 5) is 16.5. The van der Waals surface area contributed by atoms with Crippen LogP contribution in [0.5, 0.6) is 0 Å². The number of aliphatic hydroxyl groups is 1. The third-order valence-corrected chi connectivity index (χ3v) is 8.37. The molecule has 0 bridgehead atoms. The van der Waals surface area contributed by atoms with Gasteiger partial charge in [0.2, 0.25) is 0 Å². The molecule has 0 saturated heterocycles. The first-order valence-electron chi connectivity index (χ1n) is 12.1. The molecular formula is C33H26O2S2. The molecule has 1 N–H and O–H groups in total. The van der Waals surface area contributed by atoms with E-state index in [9.17, 15) is 9.90 Å². The Balaban J connectivity index is 1.39. The van der Waals surface area contributed by atoms with Gasteiger partial charge in [-0.3, -0.25) is 4.79 Å². The van der Waals surface area contributed by atoms with Gasteiger partial charge in [-0.15, -0.1) is 11.8 Å². The molecule has 0 spiro atoms. The molecule has 1 unspecified atom stereocenters. The highest BCUT2D eigenvalue weighted by Gasteiger charge is 2.17. The Hall–Kier alpha value is -3.57. The van der Waals surface area contributed by atoms with E-state index in [1.807, 2.05) is 72.8 Å². The minimum absolute atomic E-state index is 0.0227. The fourth-order valence-corrected chi connectivity index (χ4v) is 6.03. The van der Waals surface area contributed by atoms with Gasteiger partial charge in [-0.2, -0.15) is 0 Å². The molecule has 0 radical (unpaired) electrons. The van der Waals surface area contributed by atoms with Gasteiger partial charge in [0.05, 0.1) is 11.9 Å². The van der Waals surface area contributed by atoms with Crippen LogP contribution in [0.3, 0.4) is 0 Å². The second-order valence-electron chi connectivity index (χ2n) is 8.60. The summed E-state index contributed by atoms with van der Waals surface area (Å²) >= 11 is 3.53. The largest absolute Gasteiger partial charge is 0.392 e. The molecule has 0 aliphatic rings. The first kappa shape index (κ1) is 25.1. The van der Waals surface area contributed by atoms with Crippen molar-refractivity contribution in [2.75, 3.05) is 0 Å². The Kier molecular flexibility index (Phi) is 8.21. The molecule has 0 saturated carbocycles. The molecule has 0 amide bonds. The summed E-state index contributed by atoms with van der Waals surface area (Å²) in [6.07, 6.45) is 0. The average molecular weight is 519 g/mol. The standard InChI is InChI=1S/C33H26O2S2/c34-23-24-11-13-27(14-12-24)33(28-17-15-26(16-18-28)32(35)25-7-3-1-4-8-25)37-31-21-19-30(20-22-31)36-29-9-5-2-6-10-29/h1-22,33-34H,23H2. The van der Waals surface area contributed by atoms with Crippen molar-refractivity contribution >= 4 is 29.3 Å². The number of thioether (sulfide) groups is 1. The lowest BCUT2D eigenvalue weighted by Crippen LogP contribution is -2.02. The Bertz CT molecular complexity index is 1430. The van der Waals surface area contributed by atoms with Crippen LogP contribution >= 0.6 is 23.5 Å². The minimum atomic E-state index is 0.0227. The maximum atomic E-state index is 12.9. The molecular weight excluding hydrogens is 492 g/mol. The monoisotopic (exact) mass is 518 g/mol. The number of hydrogen-bond donors (Lipinski definition) is 1. The van der Waals surface area contributed by atoms with E-state index < -0.39 is 0 Å². The molecule has 0 aromatic heterocycles. The molecule has 5 rings (SSSR count). The highest BCUT2D eigenvalue weighted by Crippen LogP contribution is 2.41. The van der Waals surface area contributed by atoms with Crippen LogP contribution in [0.25, 0.3) is 0 Å². The lowest BCUT2D eigenvalue weighted by Gasteiger charge is -2.19. The van der Waals surface area contributed by atoms with Crippen molar-refractivity contribution in [2.45, 2.75) is 26.5 Å². The van der Waals surface area contributed by atoms with Crippen molar-refractivity contribution in [3.05, 3.63) is 161 Å². The maximum absolute atomic E-state index is 12.9. The van der Waals surface area contributed by atoms with E-state index in [-0.39, 0.29) is 17.6 Å². The fourth-order valence-electron chi connectivity index (χ4n) is 4.04. The van der Waals surface area contributed by atoms with Crippen LogP contribution in [0.15, 0.2) is 148 Å². The van der Waals surface area contributed by atoms with Gasteiger partial charge in [0.15, 0.2) is 5.78 Å². The van der Waals surface area contributed by atoms with Gasteiger partial charge >= 0.3 is 0 Å². The Morgan fingerprint density at radius 2 is 1.05 bits per heavy atom. The van der Waals surface area contributed by atoms with E-state index in [4.69, 9.17) is 0 Å². The summed E-state index contributed by atoms with van der Waals surface area (Å²) in [7, 11) is 0. The van der Waals surface area contributed by atoms with Crippen molar-refractivity contribution < 1.29 is 9.90 Å². The van der Waals surface area contributed by atoms with Gasteiger partial charge in [-0.05, 0) is 53.1 Å². The zero-order valence-electron chi connectivity index (χ0n) is 20.2. The molecule has 5 aromatic carbocycles. The molecule has 1 atom stereocenters. The summed E-state index contributed by atoms with van der Waals surface area (Å²) in [5, 5.41) is 9.53. The van der Waals surface area contributed by atoms with E-state index in [0.717, 1.165) is 21.6 Å². The van der Waals surface area contributed by atoms with Crippen molar-refractivity contribution in [1.82, 2.24) is 0 Å². The predicted molar refractivity (Wildman–Crippen MR) is 153 cm³/mol. The highest BCUT2D eigenvalue weighted by atomic mass is 32.2. The Morgan fingerprint density at radius 1 is 0.568 bits per heavy atom. The quantitative estimate of drug-likeness (QED) is 0.157. The molecule has 37 heavy (non-hydrogen) atoms. The topological polar surface area (TPSA) is 37.3 Å². The van der Waals surface area contributed by atoms with Crippen LogP contribution in [-0.4, -0.2) is 10.9 Å². The summed E-state index contributed by atoms with van der Waals surface area (Å²) < 4.78 is 0.